The topological polar surface area (TPSA) is 20.5 Å². The van der Waals surface area contributed by atoms with Crippen LogP contribution >= 0.6 is 0 Å². The fraction of sp³-hybridized carbons (Fsp3) is 0.522. The lowest BCUT2D eigenvalue weighted by molar-refractivity contribution is 0.136. The maximum Gasteiger partial charge on any atom is 0.0646 e. The molecule has 1 unspecified atom stereocenters. The van der Waals surface area contributed by atoms with E-state index in [2.05, 4.69) is 73.8 Å². The maximum atomic E-state index is 4.86. The Morgan fingerprint density at radius 1 is 1.31 bits per heavy atom. The smallest absolute Gasteiger partial charge is 0.0646 e. The Kier molecular flexibility index (Phi) is 6.31. The molecule has 0 spiro atoms. The molecule has 1 fully saturated rings. The second-order valence-corrected chi connectivity index (χ2v) is 7.85. The molecule has 0 aliphatic carbocycles. The van der Waals surface area contributed by atoms with Gasteiger partial charge in [0.05, 0.1) is 12.3 Å². The summed E-state index contributed by atoms with van der Waals surface area (Å²) < 4.78 is 2.25. The molecular formula is C23H33N3. The van der Waals surface area contributed by atoms with Crippen LogP contribution in [0.25, 0.3) is 0 Å². The van der Waals surface area contributed by atoms with E-state index in [-0.39, 0.29) is 0 Å². The van der Waals surface area contributed by atoms with Crippen molar-refractivity contribution in [3.63, 3.8) is 0 Å². The highest BCUT2D eigenvalue weighted by Gasteiger charge is 2.25. The van der Waals surface area contributed by atoms with Crippen molar-refractivity contribution in [3.8, 4) is 0 Å². The molecule has 0 saturated carbocycles. The van der Waals surface area contributed by atoms with Gasteiger partial charge < -0.3 is 4.57 Å². The van der Waals surface area contributed by atoms with Gasteiger partial charge in [-0.3, -0.25) is 9.89 Å². The van der Waals surface area contributed by atoms with Crippen molar-refractivity contribution in [2.24, 2.45) is 12.0 Å². The molecule has 1 saturated heterocycles. The van der Waals surface area contributed by atoms with E-state index >= 15 is 0 Å². The predicted octanol–water partition coefficient (Wildman–Crippen LogP) is 5.06. The Morgan fingerprint density at radius 3 is 2.85 bits per heavy atom. The van der Waals surface area contributed by atoms with Gasteiger partial charge in [-0.1, -0.05) is 24.1 Å². The molecule has 0 radical (unpaired) electrons. The summed E-state index contributed by atoms with van der Waals surface area (Å²) in [5.74, 6) is 0. The van der Waals surface area contributed by atoms with Crippen molar-refractivity contribution in [2.75, 3.05) is 13.1 Å². The SMILES string of the molecule is C/C=C\C1=NCC(CC2CCCCN2Cc2cccn2C)=CC1=C(C)C. The molecule has 1 aromatic rings. The van der Waals surface area contributed by atoms with Crippen LogP contribution in [0, 0.1) is 0 Å². The molecule has 2 aliphatic heterocycles. The van der Waals surface area contributed by atoms with Gasteiger partial charge in [0.1, 0.15) is 0 Å². The molecular weight excluding hydrogens is 318 g/mol. The molecule has 1 atom stereocenters. The molecule has 0 amide bonds. The van der Waals surface area contributed by atoms with Gasteiger partial charge in [-0.25, -0.2) is 0 Å². The van der Waals surface area contributed by atoms with Crippen molar-refractivity contribution < 1.29 is 0 Å². The van der Waals surface area contributed by atoms with E-state index < -0.39 is 0 Å². The van der Waals surface area contributed by atoms with Crippen molar-refractivity contribution in [1.82, 2.24) is 9.47 Å². The first kappa shape index (κ1) is 18.9. The Bertz CT molecular complexity index is 741. The largest absolute Gasteiger partial charge is 0.353 e. The van der Waals surface area contributed by atoms with Gasteiger partial charge in [0.2, 0.25) is 0 Å². The number of aryl methyl sites for hydroxylation is 1. The average Bonchev–Trinajstić information content (AvgIpc) is 3.03. The Morgan fingerprint density at radius 2 is 2.15 bits per heavy atom. The zero-order valence-electron chi connectivity index (χ0n) is 16.8. The minimum atomic E-state index is 0.641. The summed E-state index contributed by atoms with van der Waals surface area (Å²) >= 11 is 0. The summed E-state index contributed by atoms with van der Waals surface area (Å²) in [4.78, 5) is 7.55. The Labute approximate surface area is 158 Å². The number of aliphatic imine (C=N–C) groups is 1. The molecule has 0 N–H and O–H groups in total. The van der Waals surface area contributed by atoms with Crippen LogP contribution < -0.4 is 0 Å². The lowest BCUT2D eigenvalue weighted by Crippen LogP contribution is -2.39. The lowest BCUT2D eigenvalue weighted by atomic mass is 9.91. The molecule has 0 aromatic carbocycles. The molecule has 3 heterocycles. The van der Waals surface area contributed by atoms with E-state index in [1.165, 1.54) is 48.2 Å². The van der Waals surface area contributed by atoms with Crippen LogP contribution in [0.3, 0.4) is 0 Å². The summed E-state index contributed by atoms with van der Waals surface area (Å²) in [5, 5.41) is 0. The van der Waals surface area contributed by atoms with Gasteiger partial charge in [0.25, 0.3) is 0 Å². The highest BCUT2D eigenvalue weighted by molar-refractivity contribution is 6.11. The summed E-state index contributed by atoms with van der Waals surface area (Å²) in [7, 11) is 2.15. The zero-order chi connectivity index (χ0) is 18.5. The van der Waals surface area contributed by atoms with Crippen LogP contribution in [-0.4, -0.2) is 34.3 Å². The molecule has 1 aromatic heterocycles. The average molecular weight is 352 g/mol. The normalized spacial score (nSPS) is 21.8. The van der Waals surface area contributed by atoms with E-state index in [1.807, 2.05) is 0 Å². The molecule has 3 rings (SSSR count). The van der Waals surface area contributed by atoms with Gasteiger partial charge in [-0.15, -0.1) is 0 Å². The van der Waals surface area contributed by atoms with Crippen LogP contribution in [0.2, 0.25) is 0 Å². The minimum absolute atomic E-state index is 0.641. The van der Waals surface area contributed by atoms with E-state index in [4.69, 9.17) is 4.99 Å². The molecule has 140 valence electrons. The van der Waals surface area contributed by atoms with E-state index in [1.54, 1.807) is 0 Å². The molecule has 3 heteroatoms. The number of dihydropyridines is 1. The Hall–Kier alpha value is -1.87. The first-order valence-corrected chi connectivity index (χ1v) is 9.97. The summed E-state index contributed by atoms with van der Waals surface area (Å²) in [5.41, 5.74) is 6.70. The van der Waals surface area contributed by atoms with Gasteiger partial charge in [-0.2, -0.15) is 0 Å². The summed E-state index contributed by atoms with van der Waals surface area (Å²) in [6.45, 7) is 9.57. The highest BCUT2D eigenvalue weighted by atomic mass is 15.2. The molecule has 26 heavy (non-hydrogen) atoms. The van der Waals surface area contributed by atoms with Crippen molar-refractivity contribution in [3.05, 3.63) is 59.0 Å². The Balaban J connectivity index is 1.73. The molecule has 0 bridgehead atoms. The fourth-order valence-electron chi connectivity index (χ4n) is 4.09. The summed E-state index contributed by atoms with van der Waals surface area (Å²) in [6.07, 6.45) is 13.9. The number of piperidine rings is 1. The standard InChI is InChI=1S/C23H33N3/c1-5-9-23-22(18(2)3)15-19(16-24-23)14-20-10-6-7-13-26(20)17-21-11-8-12-25(21)4/h5,8-9,11-12,15,20H,6-7,10,13-14,16-17H2,1-4H3/b9-5-. The van der Waals surface area contributed by atoms with E-state index in [0.29, 0.717) is 6.04 Å². The van der Waals surface area contributed by atoms with Crippen molar-refractivity contribution >= 4 is 5.71 Å². The number of rotatable bonds is 5. The summed E-state index contributed by atoms with van der Waals surface area (Å²) in [6, 6.07) is 5.04. The third kappa shape index (κ3) is 4.45. The van der Waals surface area contributed by atoms with Crippen LogP contribution in [0.4, 0.5) is 0 Å². The second-order valence-electron chi connectivity index (χ2n) is 7.85. The first-order valence-electron chi connectivity index (χ1n) is 9.97. The fourth-order valence-corrected chi connectivity index (χ4v) is 4.09. The third-order valence-electron chi connectivity index (χ3n) is 5.60. The number of aromatic nitrogens is 1. The van der Waals surface area contributed by atoms with Crippen molar-refractivity contribution in [2.45, 2.75) is 59.0 Å². The third-order valence-corrected chi connectivity index (χ3v) is 5.60. The van der Waals surface area contributed by atoms with Crippen LogP contribution in [0.5, 0.6) is 0 Å². The minimum Gasteiger partial charge on any atom is -0.353 e. The predicted molar refractivity (Wildman–Crippen MR) is 112 cm³/mol. The maximum absolute atomic E-state index is 4.86. The number of nitrogens with zero attached hydrogens (tertiary/aromatic N) is 3. The van der Waals surface area contributed by atoms with E-state index in [9.17, 15) is 0 Å². The number of allylic oxidation sites excluding steroid dienone is 5. The lowest BCUT2D eigenvalue weighted by Gasteiger charge is -2.36. The number of likely N-dealkylation sites (tertiary alicyclic amines) is 1. The van der Waals surface area contributed by atoms with Gasteiger partial charge >= 0.3 is 0 Å². The van der Waals surface area contributed by atoms with Gasteiger partial charge in [-0.05, 0) is 75.9 Å². The quantitative estimate of drug-likeness (QED) is 0.726. The number of hydrogen-bond donors (Lipinski definition) is 0. The van der Waals surface area contributed by atoms with Gasteiger partial charge in [0.15, 0.2) is 0 Å². The second kappa shape index (κ2) is 8.68. The van der Waals surface area contributed by atoms with Crippen molar-refractivity contribution in [1.29, 1.82) is 0 Å². The monoisotopic (exact) mass is 351 g/mol. The zero-order valence-corrected chi connectivity index (χ0v) is 16.8. The number of hydrogen-bond acceptors (Lipinski definition) is 2. The molecule has 2 aliphatic rings. The first-order chi connectivity index (χ1) is 12.6. The van der Waals surface area contributed by atoms with E-state index in [0.717, 1.165) is 25.2 Å². The molecule has 3 nitrogen and oxygen atoms in total. The highest BCUT2D eigenvalue weighted by Crippen LogP contribution is 2.27. The van der Waals surface area contributed by atoms with Crippen LogP contribution in [0.15, 0.2) is 58.3 Å². The van der Waals surface area contributed by atoms with Crippen LogP contribution in [0.1, 0.15) is 52.1 Å². The van der Waals surface area contributed by atoms with Gasteiger partial charge in [0, 0.05) is 31.5 Å². The van der Waals surface area contributed by atoms with Crippen LogP contribution in [-0.2, 0) is 13.6 Å².